The maximum absolute atomic E-state index is 13.6. The fraction of sp³-hybridized carbons (Fsp3) is 0.188. The predicted octanol–water partition coefficient (Wildman–Crippen LogP) is 3.84. The van der Waals surface area contributed by atoms with Gasteiger partial charge in [0.05, 0.1) is 11.6 Å². The maximum atomic E-state index is 13.6. The monoisotopic (exact) mass is 255 g/mol. The lowest BCUT2D eigenvalue weighted by atomic mass is 10.1. The highest BCUT2D eigenvalue weighted by atomic mass is 19.1. The number of rotatable bonds is 4. The van der Waals surface area contributed by atoms with Gasteiger partial charge in [0.25, 0.3) is 0 Å². The molecule has 0 spiro atoms. The molecule has 0 bridgehead atoms. The van der Waals surface area contributed by atoms with Crippen LogP contribution in [0.25, 0.3) is 0 Å². The number of hydrogen-bond acceptors (Lipinski definition) is 2. The van der Waals surface area contributed by atoms with E-state index in [1.54, 1.807) is 0 Å². The van der Waals surface area contributed by atoms with Crippen molar-refractivity contribution in [3.8, 4) is 11.8 Å². The van der Waals surface area contributed by atoms with Crippen molar-refractivity contribution in [1.82, 2.24) is 0 Å². The molecule has 0 N–H and O–H groups in total. The molecule has 0 heterocycles. The summed E-state index contributed by atoms with van der Waals surface area (Å²) in [5.74, 6) is 0.353. The van der Waals surface area contributed by atoms with Crippen LogP contribution in [-0.2, 0) is 13.0 Å². The van der Waals surface area contributed by atoms with E-state index >= 15 is 0 Å². The van der Waals surface area contributed by atoms with Crippen LogP contribution in [0.15, 0.2) is 42.5 Å². The quantitative estimate of drug-likeness (QED) is 0.831. The third-order valence-electron chi connectivity index (χ3n) is 2.88. The molecule has 0 atom stereocenters. The van der Waals surface area contributed by atoms with Crippen molar-refractivity contribution in [2.75, 3.05) is 0 Å². The Balaban J connectivity index is 2.12. The summed E-state index contributed by atoms with van der Waals surface area (Å²) in [6, 6.07) is 14.0. The van der Waals surface area contributed by atoms with Crippen molar-refractivity contribution in [3.05, 3.63) is 65.0 Å². The summed E-state index contributed by atoms with van der Waals surface area (Å²) in [5, 5.41) is 8.79. The molecule has 0 aliphatic rings. The van der Waals surface area contributed by atoms with Crippen LogP contribution in [-0.4, -0.2) is 0 Å². The van der Waals surface area contributed by atoms with E-state index in [-0.39, 0.29) is 12.4 Å². The Morgan fingerprint density at radius 3 is 2.79 bits per heavy atom. The van der Waals surface area contributed by atoms with Crippen molar-refractivity contribution < 1.29 is 9.13 Å². The molecule has 0 aromatic heterocycles. The normalized spacial score (nSPS) is 9.95. The third kappa shape index (κ3) is 3.32. The lowest BCUT2D eigenvalue weighted by Crippen LogP contribution is -1.99. The Kier molecular flexibility index (Phi) is 4.15. The summed E-state index contributed by atoms with van der Waals surface area (Å²) in [6.45, 7) is 2.18. The Labute approximate surface area is 112 Å². The minimum absolute atomic E-state index is 0.120. The van der Waals surface area contributed by atoms with Crippen molar-refractivity contribution >= 4 is 0 Å². The number of ether oxygens (including phenoxy) is 1. The third-order valence-corrected chi connectivity index (χ3v) is 2.88. The zero-order valence-electron chi connectivity index (χ0n) is 10.7. The molecule has 0 unspecified atom stereocenters. The van der Waals surface area contributed by atoms with Gasteiger partial charge in [0.1, 0.15) is 18.2 Å². The molecule has 3 heteroatoms. The zero-order valence-corrected chi connectivity index (χ0v) is 10.7. The number of hydrogen-bond donors (Lipinski definition) is 0. The first-order chi connectivity index (χ1) is 9.22. The maximum Gasteiger partial charge on any atom is 0.129 e. The average molecular weight is 255 g/mol. The Hall–Kier alpha value is -2.34. The van der Waals surface area contributed by atoms with E-state index in [9.17, 15) is 4.39 Å². The second kappa shape index (κ2) is 6.01. The van der Waals surface area contributed by atoms with E-state index in [0.29, 0.717) is 16.9 Å². The standard InChI is InChI=1S/C16H14FNO/c1-2-12-4-3-5-15(9-12)19-11-14-8-13(10-18)6-7-16(14)17/h3-9H,2,11H2,1H3. The molecule has 2 nitrogen and oxygen atoms in total. The topological polar surface area (TPSA) is 33.0 Å². The van der Waals surface area contributed by atoms with Crippen LogP contribution in [0.1, 0.15) is 23.6 Å². The first-order valence-electron chi connectivity index (χ1n) is 6.13. The van der Waals surface area contributed by atoms with Gasteiger partial charge in [0, 0.05) is 5.56 Å². The van der Waals surface area contributed by atoms with Gasteiger partial charge in [-0.3, -0.25) is 0 Å². The summed E-state index contributed by atoms with van der Waals surface area (Å²) >= 11 is 0. The molecule has 2 rings (SSSR count). The second-order valence-electron chi connectivity index (χ2n) is 4.21. The van der Waals surface area contributed by atoms with Gasteiger partial charge in [-0.1, -0.05) is 19.1 Å². The molecule has 0 radical (unpaired) electrons. The van der Waals surface area contributed by atoms with Crippen LogP contribution in [0.2, 0.25) is 0 Å². The minimum Gasteiger partial charge on any atom is -0.489 e. The SMILES string of the molecule is CCc1cccc(OCc2cc(C#N)ccc2F)c1. The van der Waals surface area contributed by atoms with E-state index in [0.717, 1.165) is 6.42 Å². The molecule has 0 amide bonds. The van der Waals surface area contributed by atoms with Gasteiger partial charge >= 0.3 is 0 Å². The molecular formula is C16H14FNO. The number of halogens is 1. The van der Waals surface area contributed by atoms with Gasteiger partial charge in [-0.25, -0.2) is 4.39 Å². The van der Waals surface area contributed by atoms with Crippen molar-refractivity contribution in [3.63, 3.8) is 0 Å². The summed E-state index contributed by atoms with van der Waals surface area (Å²) in [5.41, 5.74) is 1.99. The number of nitriles is 1. The largest absolute Gasteiger partial charge is 0.489 e. The highest BCUT2D eigenvalue weighted by Crippen LogP contribution is 2.17. The lowest BCUT2D eigenvalue weighted by Gasteiger charge is -2.08. The zero-order chi connectivity index (χ0) is 13.7. The van der Waals surface area contributed by atoms with Crippen molar-refractivity contribution in [1.29, 1.82) is 5.26 Å². The van der Waals surface area contributed by atoms with Gasteiger partial charge in [-0.2, -0.15) is 5.26 Å². The molecule has 2 aromatic carbocycles. The Morgan fingerprint density at radius 2 is 2.05 bits per heavy atom. The minimum atomic E-state index is -0.356. The molecular weight excluding hydrogens is 241 g/mol. The van der Waals surface area contributed by atoms with Gasteiger partial charge in [-0.15, -0.1) is 0 Å². The molecule has 0 saturated carbocycles. The summed E-state index contributed by atoms with van der Waals surface area (Å²) in [7, 11) is 0. The number of aryl methyl sites for hydroxylation is 1. The van der Waals surface area contributed by atoms with Gasteiger partial charge in [0.15, 0.2) is 0 Å². The molecule has 19 heavy (non-hydrogen) atoms. The Morgan fingerprint density at radius 1 is 1.21 bits per heavy atom. The number of benzene rings is 2. The average Bonchev–Trinajstić information content (AvgIpc) is 2.46. The summed E-state index contributed by atoms with van der Waals surface area (Å²) < 4.78 is 19.1. The van der Waals surface area contributed by atoms with Crippen LogP contribution >= 0.6 is 0 Å². The first kappa shape index (κ1) is 13.1. The molecule has 0 aliphatic carbocycles. The summed E-state index contributed by atoms with van der Waals surface area (Å²) in [6.07, 6.45) is 0.926. The van der Waals surface area contributed by atoms with Crippen LogP contribution in [0.4, 0.5) is 4.39 Å². The fourth-order valence-corrected chi connectivity index (χ4v) is 1.77. The highest BCUT2D eigenvalue weighted by Gasteiger charge is 2.05. The smallest absolute Gasteiger partial charge is 0.129 e. The van der Waals surface area contributed by atoms with Crippen LogP contribution in [0, 0.1) is 17.1 Å². The fourth-order valence-electron chi connectivity index (χ4n) is 1.77. The van der Waals surface area contributed by atoms with E-state index in [4.69, 9.17) is 10.00 Å². The Bertz CT molecular complexity index is 616. The van der Waals surface area contributed by atoms with Gasteiger partial charge < -0.3 is 4.74 Å². The van der Waals surface area contributed by atoms with Crippen LogP contribution in [0.3, 0.4) is 0 Å². The predicted molar refractivity (Wildman–Crippen MR) is 71.3 cm³/mol. The van der Waals surface area contributed by atoms with Crippen LogP contribution < -0.4 is 4.74 Å². The van der Waals surface area contributed by atoms with Crippen molar-refractivity contribution in [2.45, 2.75) is 20.0 Å². The molecule has 0 aliphatic heterocycles. The van der Waals surface area contributed by atoms with Crippen LogP contribution in [0.5, 0.6) is 5.75 Å². The van der Waals surface area contributed by atoms with Crippen molar-refractivity contribution in [2.24, 2.45) is 0 Å². The first-order valence-corrected chi connectivity index (χ1v) is 6.13. The lowest BCUT2D eigenvalue weighted by molar-refractivity contribution is 0.299. The van der Waals surface area contributed by atoms with E-state index < -0.39 is 0 Å². The van der Waals surface area contributed by atoms with E-state index in [1.165, 1.54) is 23.8 Å². The molecule has 96 valence electrons. The molecule has 0 saturated heterocycles. The van der Waals surface area contributed by atoms with Gasteiger partial charge in [0.2, 0.25) is 0 Å². The second-order valence-corrected chi connectivity index (χ2v) is 4.21. The highest BCUT2D eigenvalue weighted by molar-refractivity contribution is 5.34. The van der Waals surface area contributed by atoms with E-state index in [2.05, 4.69) is 6.92 Å². The number of nitrogens with zero attached hydrogens (tertiary/aromatic N) is 1. The summed E-state index contributed by atoms with van der Waals surface area (Å²) in [4.78, 5) is 0. The van der Waals surface area contributed by atoms with E-state index in [1.807, 2.05) is 30.3 Å². The van der Waals surface area contributed by atoms with Gasteiger partial charge in [-0.05, 0) is 42.3 Å². The molecule has 2 aromatic rings. The molecule has 0 fully saturated rings.